The Bertz CT molecular complexity index is 1790. The number of benzene rings is 3. The number of Topliss-reactive ketones (excluding diaryl/α,β-unsaturated/α-hetero) is 2. The van der Waals surface area contributed by atoms with Crippen molar-refractivity contribution >= 4 is 39.3 Å². The van der Waals surface area contributed by atoms with E-state index in [4.69, 9.17) is 0 Å². The Labute approximate surface area is 228 Å². The fraction of sp³-hybridized carbons (Fsp3) is 0.226. The van der Waals surface area contributed by atoms with Crippen LogP contribution >= 0.6 is 0 Å². The highest BCUT2D eigenvalue weighted by molar-refractivity contribution is 6.05. The molecule has 1 N–H and O–H groups in total. The van der Waals surface area contributed by atoms with Crippen molar-refractivity contribution in [3.8, 4) is 11.1 Å². The molecular weight excluding hydrogens is 514 g/mol. The SMILES string of the molecule is CC(=O)c1nn(CC(=O)N2C[C@H](F)C[C@H]2C(=O)Cc2cccc(-c3ccc4[nH]ccc4c3)c2F)c2ccccc12. The number of alkyl halides is 1. The summed E-state index contributed by atoms with van der Waals surface area (Å²) < 4.78 is 31.6. The maximum atomic E-state index is 15.6. The van der Waals surface area contributed by atoms with Gasteiger partial charge >= 0.3 is 0 Å². The number of aromatic nitrogens is 3. The molecule has 1 saturated heterocycles. The highest BCUT2D eigenvalue weighted by Crippen LogP contribution is 2.30. The molecule has 202 valence electrons. The third kappa shape index (κ3) is 4.57. The molecule has 0 saturated carbocycles. The van der Waals surface area contributed by atoms with Crippen molar-refractivity contribution in [2.45, 2.75) is 38.5 Å². The number of ketones is 2. The average molecular weight is 541 g/mol. The van der Waals surface area contributed by atoms with Gasteiger partial charge in [-0.2, -0.15) is 5.10 Å². The standard InChI is InChI=1S/C31H26F2N4O3/c1-18(38)31-24-6-2-3-8-26(24)37(35-31)17-29(40)36-16-22(32)15-27(36)28(39)14-21-5-4-7-23(30(21)33)19-9-10-25-20(13-19)11-12-34-25/h2-13,22,27,34H,14-17H2,1H3/t22-,27+/m1/s1. The van der Waals surface area contributed by atoms with Crippen LogP contribution in [-0.2, 0) is 22.6 Å². The number of halogens is 2. The summed E-state index contributed by atoms with van der Waals surface area (Å²) in [6.45, 7) is 0.916. The number of hydrogen-bond acceptors (Lipinski definition) is 4. The molecule has 3 heterocycles. The Morgan fingerprint density at radius 1 is 1.05 bits per heavy atom. The molecule has 3 aromatic carbocycles. The number of carbonyl (C=O) groups excluding carboxylic acids is 3. The van der Waals surface area contributed by atoms with E-state index in [-0.39, 0.29) is 43.0 Å². The molecule has 7 nitrogen and oxygen atoms in total. The van der Waals surface area contributed by atoms with Gasteiger partial charge in [0.05, 0.1) is 18.1 Å². The monoisotopic (exact) mass is 540 g/mol. The Kier molecular flexibility index (Phi) is 6.50. The van der Waals surface area contributed by atoms with E-state index in [1.165, 1.54) is 16.5 Å². The second-order valence-corrected chi connectivity index (χ2v) is 10.2. The lowest BCUT2D eigenvalue weighted by Crippen LogP contribution is -2.43. The topological polar surface area (TPSA) is 88.1 Å². The first kappa shape index (κ1) is 25.6. The van der Waals surface area contributed by atoms with E-state index in [1.54, 1.807) is 42.5 Å². The van der Waals surface area contributed by atoms with Gasteiger partial charge in [-0.3, -0.25) is 19.1 Å². The summed E-state index contributed by atoms with van der Waals surface area (Å²) in [6, 6.07) is 18.4. The second kappa shape index (κ2) is 10.1. The van der Waals surface area contributed by atoms with E-state index in [2.05, 4.69) is 10.1 Å². The first-order chi connectivity index (χ1) is 19.3. The van der Waals surface area contributed by atoms with Gasteiger partial charge in [-0.15, -0.1) is 0 Å². The van der Waals surface area contributed by atoms with Gasteiger partial charge in [0.1, 0.15) is 24.2 Å². The molecule has 0 bridgehead atoms. The highest BCUT2D eigenvalue weighted by atomic mass is 19.1. The molecule has 1 amide bonds. The molecule has 1 fully saturated rings. The molecule has 1 aliphatic rings. The van der Waals surface area contributed by atoms with Crippen molar-refractivity contribution in [1.29, 1.82) is 0 Å². The smallest absolute Gasteiger partial charge is 0.245 e. The lowest BCUT2D eigenvalue weighted by molar-refractivity contribution is -0.138. The average Bonchev–Trinajstić information content (AvgIpc) is 3.66. The van der Waals surface area contributed by atoms with Gasteiger partial charge in [-0.1, -0.05) is 42.5 Å². The van der Waals surface area contributed by atoms with E-state index < -0.39 is 29.7 Å². The zero-order valence-corrected chi connectivity index (χ0v) is 21.7. The van der Waals surface area contributed by atoms with E-state index in [0.717, 1.165) is 10.9 Å². The molecule has 0 spiro atoms. The van der Waals surface area contributed by atoms with Crippen LogP contribution in [0.25, 0.3) is 32.9 Å². The summed E-state index contributed by atoms with van der Waals surface area (Å²) in [4.78, 5) is 43.1. The summed E-state index contributed by atoms with van der Waals surface area (Å²) in [5.41, 5.74) is 3.00. The van der Waals surface area contributed by atoms with E-state index in [1.807, 2.05) is 30.5 Å². The summed E-state index contributed by atoms with van der Waals surface area (Å²) in [5, 5.41) is 5.87. The Hall–Kier alpha value is -4.66. The zero-order chi connectivity index (χ0) is 28.0. The summed E-state index contributed by atoms with van der Waals surface area (Å²) >= 11 is 0. The number of amides is 1. The Morgan fingerprint density at radius 2 is 1.88 bits per heavy atom. The first-order valence-corrected chi connectivity index (χ1v) is 13.1. The summed E-state index contributed by atoms with van der Waals surface area (Å²) in [5.74, 6) is -1.67. The summed E-state index contributed by atoms with van der Waals surface area (Å²) in [7, 11) is 0. The normalized spacial score (nSPS) is 17.1. The largest absolute Gasteiger partial charge is 0.361 e. The molecule has 5 aromatic rings. The van der Waals surface area contributed by atoms with Gasteiger partial charge in [0.2, 0.25) is 5.91 Å². The quantitative estimate of drug-likeness (QED) is 0.285. The number of nitrogens with one attached hydrogen (secondary N) is 1. The van der Waals surface area contributed by atoms with Crippen molar-refractivity contribution in [2.75, 3.05) is 6.54 Å². The van der Waals surface area contributed by atoms with Gasteiger partial charge in [0.15, 0.2) is 11.6 Å². The maximum absolute atomic E-state index is 15.6. The van der Waals surface area contributed by atoms with Crippen LogP contribution in [0.4, 0.5) is 8.78 Å². The van der Waals surface area contributed by atoms with Crippen molar-refractivity contribution in [3.63, 3.8) is 0 Å². The van der Waals surface area contributed by atoms with Gasteiger partial charge in [-0.25, -0.2) is 8.78 Å². The maximum Gasteiger partial charge on any atom is 0.245 e. The second-order valence-electron chi connectivity index (χ2n) is 10.2. The number of carbonyl (C=O) groups is 3. The van der Waals surface area contributed by atoms with Crippen LogP contribution in [0.2, 0.25) is 0 Å². The molecular formula is C31H26F2N4O3. The van der Waals surface area contributed by atoms with Crippen LogP contribution in [0.5, 0.6) is 0 Å². The minimum absolute atomic E-state index is 0.144. The van der Waals surface area contributed by atoms with E-state index in [9.17, 15) is 18.8 Å². The molecule has 6 rings (SSSR count). The molecule has 2 aromatic heterocycles. The number of likely N-dealkylation sites (tertiary alicyclic amines) is 1. The van der Waals surface area contributed by atoms with Crippen molar-refractivity contribution in [1.82, 2.24) is 19.7 Å². The number of fused-ring (bicyclic) bond motifs is 2. The predicted molar refractivity (Wildman–Crippen MR) is 147 cm³/mol. The van der Waals surface area contributed by atoms with Crippen LogP contribution < -0.4 is 0 Å². The van der Waals surface area contributed by atoms with Gasteiger partial charge < -0.3 is 9.88 Å². The molecule has 1 aliphatic heterocycles. The summed E-state index contributed by atoms with van der Waals surface area (Å²) in [6.07, 6.45) is 0.0226. The lowest BCUT2D eigenvalue weighted by atomic mass is 9.96. The first-order valence-electron chi connectivity index (χ1n) is 13.1. The van der Waals surface area contributed by atoms with Crippen LogP contribution in [0.15, 0.2) is 72.9 Å². The van der Waals surface area contributed by atoms with E-state index >= 15 is 4.39 Å². The minimum Gasteiger partial charge on any atom is -0.361 e. The minimum atomic E-state index is -1.37. The number of hydrogen-bond donors (Lipinski definition) is 1. The number of nitrogens with zero attached hydrogens (tertiary/aromatic N) is 3. The van der Waals surface area contributed by atoms with Crippen LogP contribution in [-0.4, -0.2) is 55.9 Å². The third-order valence-corrected chi connectivity index (χ3v) is 7.53. The number of rotatable bonds is 7. The van der Waals surface area contributed by atoms with Crippen molar-refractivity contribution in [3.05, 3.63) is 90.0 Å². The number of aromatic amines is 1. The lowest BCUT2D eigenvalue weighted by Gasteiger charge is -2.23. The molecule has 0 unspecified atom stereocenters. The van der Waals surface area contributed by atoms with Gasteiger partial charge in [-0.05, 0) is 40.8 Å². The van der Waals surface area contributed by atoms with Gasteiger partial charge in [0, 0.05) is 42.4 Å². The fourth-order valence-corrected chi connectivity index (χ4v) is 5.56. The molecule has 9 heteroatoms. The zero-order valence-electron chi connectivity index (χ0n) is 21.7. The Morgan fingerprint density at radius 3 is 2.70 bits per heavy atom. The molecule has 2 atom stereocenters. The van der Waals surface area contributed by atoms with Crippen LogP contribution in [0.1, 0.15) is 29.4 Å². The van der Waals surface area contributed by atoms with Gasteiger partial charge in [0.25, 0.3) is 0 Å². The molecule has 40 heavy (non-hydrogen) atoms. The fourth-order valence-electron chi connectivity index (χ4n) is 5.56. The number of H-pyrrole nitrogens is 1. The highest BCUT2D eigenvalue weighted by Gasteiger charge is 2.40. The van der Waals surface area contributed by atoms with Crippen molar-refractivity contribution < 1.29 is 23.2 Å². The number of para-hydroxylation sites is 1. The van der Waals surface area contributed by atoms with Crippen LogP contribution in [0, 0.1) is 5.82 Å². The van der Waals surface area contributed by atoms with Crippen LogP contribution in [0.3, 0.4) is 0 Å². The third-order valence-electron chi connectivity index (χ3n) is 7.53. The molecule has 0 radical (unpaired) electrons. The predicted octanol–water partition coefficient (Wildman–Crippen LogP) is 5.28. The van der Waals surface area contributed by atoms with Crippen molar-refractivity contribution in [2.24, 2.45) is 0 Å². The van der Waals surface area contributed by atoms with E-state index in [0.29, 0.717) is 22.0 Å². The molecule has 0 aliphatic carbocycles. The Balaban J connectivity index is 1.23.